The summed E-state index contributed by atoms with van der Waals surface area (Å²) in [6, 6.07) is 20.8. The molecule has 0 fully saturated rings. The van der Waals surface area contributed by atoms with Gasteiger partial charge in [-0.1, -0.05) is 88.4 Å². The van der Waals surface area contributed by atoms with E-state index in [9.17, 15) is 4.79 Å². The fraction of sp³-hybridized carbons (Fsp3) is 0.435. The van der Waals surface area contributed by atoms with Gasteiger partial charge in [-0.3, -0.25) is 4.79 Å². The summed E-state index contributed by atoms with van der Waals surface area (Å²) in [4.78, 5) is 15.1. The average molecular weight is 338 g/mol. The first-order chi connectivity index (χ1) is 12.0. The second kappa shape index (κ2) is 9.41. The molecule has 0 N–H and O–H groups in total. The van der Waals surface area contributed by atoms with Gasteiger partial charge in [0.2, 0.25) is 5.91 Å². The highest BCUT2D eigenvalue weighted by atomic mass is 16.2. The molecule has 2 heteroatoms. The quantitative estimate of drug-likeness (QED) is 0.636. The van der Waals surface area contributed by atoms with Gasteiger partial charge in [-0.2, -0.15) is 0 Å². The topological polar surface area (TPSA) is 20.3 Å². The van der Waals surface area contributed by atoms with Crippen LogP contribution in [0.3, 0.4) is 0 Å². The molecule has 25 heavy (non-hydrogen) atoms. The van der Waals surface area contributed by atoms with E-state index in [-0.39, 0.29) is 11.8 Å². The van der Waals surface area contributed by atoms with Gasteiger partial charge in [0.1, 0.15) is 0 Å². The van der Waals surface area contributed by atoms with Crippen molar-refractivity contribution in [3.63, 3.8) is 0 Å². The average Bonchev–Trinajstić information content (AvgIpc) is 2.59. The van der Waals surface area contributed by atoms with Gasteiger partial charge >= 0.3 is 0 Å². The molecular formula is C23H31NO. The Hall–Kier alpha value is -2.09. The first-order valence-electron chi connectivity index (χ1n) is 9.35. The SMILES string of the molecule is CC(C)CN(CC(C)C)C(=O)CC(c1ccccc1)c1ccccc1. The van der Waals surface area contributed by atoms with E-state index in [4.69, 9.17) is 0 Å². The Bertz CT molecular complexity index is 584. The smallest absolute Gasteiger partial charge is 0.223 e. The molecule has 1 amide bonds. The molecule has 0 saturated carbocycles. The fourth-order valence-electron chi connectivity index (χ4n) is 3.26. The van der Waals surface area contributed by atoms with E-state index in [2.05, 4.69) is 76.2 Å². The molecule has 0 spiro atoms. The number of carbonyl (C=O) groups excluding carboxylic acids is 1. The van der Waals surface area contributed by atoms with Crippen LogP contribution in [0.2, 0.25) is 0 Å². The van der Waals surface area contributed by atoms with Gasteiger partial charge in [-0.05, 0) is 23.0 Å². The Morgan fingerprint density at radius 2 is 1.16 bits per heavy atom. The van der Waals surface area contributed by atoms with Crippen LogP contribution in [0.1, 0.15) is 51.2 Å². The minimum Gasteiger partial charge on any atom is -0.342 e. The fourth-order valence-corrected chi connectivity index (χ4v) is 3.26. The van der Waals surface area contributed by atoms with E-state index in [1.54, 1.807) is 0 Å². The normalized spacial score (nSPS) is 11.3. The predicted molar refractivity (Wildman–Crippen MR) is 106 cm³/mol. The lowest BCUT2D eigenvalue weighted by molar-refractivity contribution is -0.132. The van der Waals surface area contributed by atoms with Crippen molar-refractivity contribution in [2.24, 2.45) is 11.8 Å². The van der Waals surface area contributed by atoms with Crippen LogP contribution in [0, 0.1) is 11.8 Å². The lowest BCUT2D eigenvalue weighted by Crippen LogP contribution is -2.37. The molecule has 0 bridgehead atoms. The molecular weight excluding hydrogens is 306 g/mol. The Labute approximate surface area is 152 Å². The summed E-state index contributed by atoms with van der Waals surface area (Å²) in [7, 11) is 0. The van der Waals surface area contributed by atoms with Gasteiger partial charge in [-0.15, -0.1) is 0 Å². The lowest BCUT2D eigenvalue weighted by Gasteiger charge is -2.28. The molecule has 0 saturated heterocycles. The molecule has 0 aliphatic carbocycles. The van der Waals surface area contributed by atoms with Crippen molar-refractivity contribution >= 4 is 5.91 Å². The number of hydrogen-bond donors (Lipinski definition) is 0. The second-order valence-corrected chi connectivity index (χ2v) is 7.66. The van der Waals surface area contributed by atoms with E-state index >= 15 is 0 Å². The third-order valence-electron chi connectivity index (χ3n) is 4.31. The molecule has 0 aliphatic rings. The minimum atomic E-state index is 0.108. The van der Waals surface area contributed by atoms with Crippen LogP contribution < -0.4 is 0 Å². The highest BCUT2D eigenvalue weighted by Gasteiger charge is 2.23. The van der Waals surface area contributed by atoms with Gasteiger partial charge in [-0.25, -0.2) is 0 Å². The molecule has 2 aromatic carbocycles. The lowest BCUT2D eigenvalue weighted by atomic mass is 9.88. The maximum atomic E-state index is 13.1. The summed E-state index contributed by atoms with van der Waals surface area (Å²) in [6.45, 7) is 10.3. The molecule has 2 nitrogen and oxygen atoms in total. The van der Waals surface area contributed by atoms with Crippen molar-refractivity contribution in [3.05, 3.63) is 71.8 Å². The molecule has 2 aromatic rings. The number of hydrogen-bond acceptors (Lipinski definition) is 1. The minimum absolute atomic E-state index is 0.108. The zero-order chi connectivity index (χ0) is 18.2. The maximum Gasteiger partial charge on any atom is 0.223 e. The van der Waals surface area contributed by atoms with E-state index in [1.807, 2.05) is 17.0 Å². The van der Waals surface area contributed by atoms with E-state index in [0.717, 1.165) is 13.1 Å². The van der Waals surface area contributed by atoms with Crippen LogP contribution in [-0.2, 0) is 4.79 Å². The molecule has 0 aromatic heterocycles. The molecule has 0 aliphatic heterocycles. The van der Waals surface area contributed by atoms with Crippen LogP contribution in [0.5, 0.6) is 0 Å². The first-order valence-corrected chi connectivity index (χ1v) is 9.35. The highest BCUT2D eigenvalue weighted by Crippen LogP contribution is 2.28. The van der Waals surface area contributed by atoms with Gasteiger partial charge in [0.25, 0.3) is 0 Å². The van der Waals surface area contributed by atoms with Crippen LogP contribution in [-0.4, -0.2) is 23.9 Å². The van der Waals surface area contributed by atoms with Gasteiger partial charge < -0.3 is 4.90 Å². The van der Waals surface area contributed by atoms with Crippen molar-refractivity contribution in [2.75, 3.05) is 13.1 Å². The molecule has 2 rings (SSSR count). The van der Waals surface area contributed by atoms with E-state index in [0.29, 0.717) is 18.3 Å². The van der Waals surface area contributed by atoms with Crippen molar-refractivity contribution in [2.45, 2.75) is 40.0 Å². The number of nitrogens with zero attached hydrogens (tertiary/aromatic N) is 1. The zero-order valence-electron chi connectivity index (χ0n) is 16.0. The van der Waals surface area contributed by atoms with Crippen molar-refractivity contribution in [3.8, 4) is 0 Å². The Kier molecular flexibility index (Phi) is 7.24. The molecule has 0 heterocycles. The van der Waals surface area contributed by atoms with E-state index in [1.165, 1.54) is 11.1 Å². The first kappa shape index (κ1) is 19.2. The largest absolute Gasteiger partial charge is 0.342 e. The molecule has 134 valence electrons. The van der Waals surface area contributed by atoms with Gasteiger partial charge in [0, 0.05) is 25.4 Å². The van der Waals surface area contributed by atoms with Crippen molar-refractivity contribution in [1.82, 2.24) is 4.90 Å². The third-order valence-corrected chi connectivity index (χ3v) is 4.31. The third kappa shape index (κ3) is 6.04. The van der Waals surface area contributed by atoms with Crippen molar-refractivity contribution < 1.29 is 4.79 Å². The van der Waals surface area contributed by atoms with Crippen LogP contribution in [0.25, 0.3) is 0 Å². The highest BCUT2D eigenvalue weighted by molar-refractivity contribution is 5.77. The molecule has 0 radical (unpaired) electrons. The summed E-state index contributed by atoms with van der Waals surface area (Å²) in [5.74, 6) is 1.32. The van der Waals surface area contributed by atoms with E-state index < -0.39 is 0 Å². The summed E-state index contributed by atoms with van der Waals surface area (Å²) in [5, 5.41) is 0. The Morgan fingerprint density at radius 3 is 1.52 bits per heavy atom. The summed E-state index contributed by atoms with van der Waals surface area (Å²) < 4.78 is 0. The Balaban J connectivity index is 2.24. The predicted octanol–water partition coefficient (Wildman–Crippen LogP) is 5.35. The molecule has 0 unspecified atom stereocenters. The zero-order valence-corrected chi connectivity index (χ0v) is 16.0. The number of amides is 1. The summed E-state index contributed by atoms with van der Waals surface area (Å²) in [5.41, 5.74) is 2.41. The number of benzene rings is 2. The van der Waals surface area contributed by atoms with Crippen LogP contribution in [0.4, 0.5) is 0 Å². The monoisotopic (exact) mass is 337 g/mol. The maximum absolute atomic E-state index is 13.1. The van der Waals surface area contributed by atoms with Crippen LogP contribution in [0.15, 0.2) is 60.7 Å². The van der Waals surface area contributed by atoms with Crippen LogP contribution >= 0.6 is 0 Å². The number of rotatable bonds is 8. The summed E-state index contributed by atoms with van der Waals surface area (Å²) >= 11 is 0. The van der Waals surface area contributed by atoms with Crippen molar-refractivity contribution in [1.29, 1.82) is 0 Å². The number of carbonyl (C=O) groups is 1. The summed E-state index contributed by atoms with van der Waals surface area (Å²) in [6.07, 6.45) is 0.521. The van der Waals surface area contributed by atoms with Gasteiger partial charge in [0.15, 0.2) is 0 Å². The standard InChI is InChI=1S/C23H31NO/c1-18(2)16-24(17-19(3)4)23(25)15-22(20-11-7-5-8-12-20)21-13-9-6-10-14-21/h5-14,18-19,22H,15-17H2,1-4H3. The van der Waals surface area contributed by atoms with Gasteiger partial charge in [0.05, 0.1) is 0 Å². The second-order valence-electron chi connectivity index (χ2n) is 7.66. The molecule has 0 atom stereocenters. The Morgan fingerprint density at radius 1 is 0.760 bits per heavy atom.